The van der Waals surface area contributed by atoms with Crippen LogP contribution in [0.15, 0.2) is 65.4 Å². The molecule has 0 unspecified atom stereocenters. The van der Waals surface area contributed by atoms with Crippen LogP contribution in [-0.4, -0.2) is 25.4 Å². The van der Waals surface area contributed by atoms with E-state index < -0.39 is 0 Å². The highest BCUT2D eigenvalue weighted by Crippen LogP contribution is 2.42. The minimum absolute atomic E-state index is 0.215. The number of aromatic nitrogens is 4. The fraction of sp³-hybridized carbons (Fsp3) is 0.120. The van der Waals surface area contributed by atoms with E-state index in [1.165, 1.54) is 6.33 Å². The molecule has 0 atom stereocenters. The topological polar surface area (TPSA) is 112 Å². The van der Waals surface area contributed by atoms with E-state index in [1.807, 2.05) is 61.0 Å². The zero-order valence-electron chi connectivity index (χ0n) is 18.5. The van der Waals surface area contributed by atoms with Crippen LogP contribution < -0.4 is 11.1 Å². The van der Waals surface area contributed by atoms with Gasteiger partial charge in [0.05, 0.1) is 11.1 Å². The van der Waals surface area contributed by atoms with Gasteiger partial charge in [0.2, 0.25) is 0 Å². The minimum Gasteiger partial charge on any atom is -0.441 e. The van der Waals surface area contributed by atoms with Gasteiger partial charge >= 0.3 is 0 Å². The standard InChI is InChI=1S/C25H22N6O2/c1-13(2)25(32)30-17-8-5-15(6-9-17)22-20(21-23(26)27-12-28-24(21)31(22)4)16-7-10-19-18(11-16)29-14(3)33-19/h5-12H,1H2,2-4H3,(H,30,32)(H2,26,27,28). The lowest BCUT2D eigenvalue weighted by Gasteiger charge is -2.10. The molecule has 0 spiro atoms. The average Bonchev–Trinajstić information content (AvgIpc) is 3.31. The van der Waals surface area contributed by atoms with Crippen LogP contribution in [0.5, 0.6) is 0 Å². The molecule has 5 rings (SSSR count). The second-order valence-corrected chi connectivity index (χ2v) is 7.97. The van der Waals surface area contributed by atoms with E-state index in [4.69, 9.17) is 10.2 Å². The van der Waals surface area contributed by atoms with Crippen molar-refractivity contribution in [1.29, 1.82) is 0 Å². The maximum absolute atomic E-state index is 12.0. The number of oxazole rings is 1. The molecule has 0 aliphatic heterocycles. The molecule has 1 amide bonds. The van der Waals surface area contributed by atoms with Gasteiger partial charge in [0, 0.05) is 30.8 Å². The lowest BCUT2D eigenvalue weighted by molar-refractivity contribution is -0.112. The van der Waals surface area contributed by atoms with E-state index in [2.05, 4.69) is 26.8 Å². The second kappa shape index (κ2) is 7.59. The van der Waals surface area contributed by atoms with E-state index in [1.54, 1.807) is 6.92 Å². The quantitative estimate of drug-likeness (QED) is 0.388. The minimum atomic E-state index is -0.215. The van der Waals surface area contributed by atoms with Crippen LogP contribution in [0, 0.1) is 6.92 Å². The Bertz CT molecular complexity index is 1560. The first-order valence-corrected chi connectivity index (χ1v) is 10.4. The third-order valence-electron chi connectivity index (χ3n) is 5.58. The van der Waals surface area contributed by atoms with Gasteiger partial charge < -0.3 is 20.0 Å². The van der Waals surface area contributed by atoms with Crippen molar-refractivity contribution in [2.24, 2.45) is 7.05 Å². The lowest BCUT2D eigenvalue weighted by Crippen LogP contribution is -2.11. The Balaban J connectivity index is 1.72. The Kier molecular flexibility index (Phi) is 4.70. The summed E-state index contributed by atoms with van der Waals surface area (Å²) in [5.41, 5.74) is 13.4. The summed E-state index contributed by atoms with van der Waals surface area (Å²) in [7, 11) is 1.95. The molecule has 164 valence electrons. The van der Waals surface area contributed by atoms with E-state index in [0.717, 1.165) is 44.5 Å². The first-order valence-electron chi connectivity index (χ1n) is 10.4. The van der Waals surface area contributed by atoms with Crippen molar-refractivity contribution < 1.29 is 9.21 Å². The summed E-state index contributed by atoms with van der Waals surface area (Å²) in [6.45, 7) is 7.17. The molecular weight excluding hydrogens is 416 g/mol. The number of rotatable bonds is 4. The summed E-state index contributed by atoms with van der Waals surface area (Å²) < 4.78 is 7.65. The maximum atomic E-state index is 12.0. The number of carbonyl (C=O) groups is 1. The highest BCUT2D eigenvalue weighted by atomic mass is 16.3. The zero-order valence-corrected chi connectivity index (χ0v) is 18.5. The maximum Gasteiger partial charge on any atom is 0.250 e. The zero-order chi connectivity index (χ0) is 23.3. The summed E-state index contributed by atoms with van der Waals surface area (Å²) in [6, 6.07) is 13.5. The highest BCUT2D eigenvalue weighted by molar-refractivity contribution is 6.08. The second-order valence-electron chi connectivity index (χ2n) is 7.97. The van der Waals surface area contributed by atoms with Crippen LogP contribution in [0.3, 0.4) is 0 Å². The van der Waals surface area contributed by atoms with Gasteiger partial charge in [-0.1, -0.05) is 24.8 Å². The Morgan fingerprint density at radius 2 is 1.85 bits per heavy atom. The molecule has 8 heteroatoms. The van der Waals surface area contributed by atoms with Crippen molar-refractivity contribution in [2.45, 2.75) is 13.8 Å². The number of fused-ring (bicyclic) bond motifs is 2. The molecule has 0 aliphatic carbocycles. The van der Waals surface area contributed by atoms with E-state index in [-0.39, 0.29) is 5.91 Å². The van der Waals surface area contributed by atoms with Crippen LogP contribution in [-0.2, 0) is 11.8 Å². The molecule has 3 heterocycles. The van der Waals surface area contributed by atoms with Gasteiger partial charge in [0.25, 0.3) is 5.91 Å². The molecule has 0 saturated carbocycles. The van der Waals surface area contributed by atoms with Crippen molar-refractivity contribution in [3.05, 3.63) is 66.8 Å². The first kappa shape index (κ1) is 20.4. The van der Waals surface area contributed by atoms with Crippen molar-refractivity contribution in [2.75, 3.05) is 11.1 Å². The molecule has 3 N–H and O–H groups in total. The Hall–Kier alpha value is -4.46. The van der Waals surface area contributed by atoms with Crippen LogP contribution in [0.2, 0.25) is 0 Å². The molecule has 0 saturated heterocycles. The third-order valence-corrected chi connectivity index (χ3v) is 5.58. The molecule has 2 aromatic carbocycles. The summed E-state index contributed by atoms with van der Waals surface area (Å²) in [6.07, 6.45) is 1.46. The number of anilines is 2. The van der Waals surface area contributed by atoms with Gasteiger partial charge in [0.15, 0.2) is 11.5 Å². The molecule has 5 aromatic rings. The number of nitrogen functional groups attached to an aromatic ring is 1. The third kappa shape index (κ3) is 3.41. The number of carbonyl (C=O) groups excluding carboxylic acids is 1. The van der Waals surface area contributed by atoms with Gasteiger partial charge in [-0.15, -0.1) is 0 Å². The Morgan fingerprint density at radius 1 is 1.12 bits per heavy atom. The van der Waals surface area contributed by atoms with Crippen LogP contribution in [0.1, 0.15) is 12.8 Å². The predicted octanol–water partition coefficient (Wildman–Crippen LogP) is 4.85. The number of benzene rings is 2. The fourth-order valence-corrected chi connectivity index (χ4v) is 4.04. The van der Waals surface area contributed by atoms with Gasteiger partial charge in [-0.2, -0.15) is 0 Å². The van der Waals surface area contributed by atoms with Crippen molar-refractivity contribution in [3.8, 4) is 22.4 Å². The molecule has 8 nitrogen and oxygen atoms in total. The molecule has 33 heavy (non-hydrogen) atoms. The van der Waals surface area contributed by atoms with Crippen LogP contribution in [0.25, 0.3) is 44.5 Å². The highest BCUT2D eigenvalue weighted by Gasteiger charge is 2.22. The number of hydrogen-bond donors (Lipinski definition) is 2. The van der Waals surface area contributed by atoms with E-state index in [0.29, 0.717) is 23.0 Å². The molecule has 0 bridgehead atoms. The number of nitrogens with one attached hydrogen (secondary N) is 1. The van der Waals surface area contributed by atoms with Crippen LogP contribution in [0.4, 0.5) is 11.5 Å². The smallest absolute Gasteiger partial charge is 0.250 e. The number of nitrogens with two attached hydrogens (primary N) is 1. The fourth-order valence-electron chi connectivity index (χ4n) is 4.04. The van der Waals surface area contributed by atoms with E-state index >= 15 is 0 Å². The molecule has 0 aliphatic rings. The monoisotopic (exact) mass is 438 g/mol. The molecule has 0 fully saturated rings. The average molecular weight is 438 g/mol. The SMILES string of the molecule is C=C(C)C(=O)Nc1ccc(-c2c(-c3ccc4oc(C)nc4c3)c3c(N)ncnc3n2C)cc1. The Morgan fingerprint density at radius 3 is 2.58 bits per heavy atom. The van der Waals surface area contributed by atoms with Crippen LogP contribution >= 0.6 is 0 Å². The van der Waals surface area contributed by atoms with Gasteiger partial charge in [-0.3, -0.25) is 4.79 Å². The number of aryl methyl sites for hydroxylation is 2. The lowest BCUT2D eigenvalue weighted by atomic mass is 9.98. The summed E-state index contributed by atoms with van der Waals surface area (Å²) in [5.74, 6) is 0.793. The summed E-state index contributed by atoms with van der Waals surface area (Å²) in [4.78, 5) is 25.2. The normalized spacial score (nSPS) is 11.2. The van der Waals surface area contributed by atoms with Crippen molar-refractivity contribution in [1.82, 2.24) is 19.5 Å². The summed E-state index contributed by atoms with van der Waals surface area (Å²) in [5, 5.41) is 3.61. The molecule has 0 radical (unpaired) electrons. The number of nitrogens with zero attached hydrogens (tertiary/aromatic N) is 4. The molecular formula is C25H22N6O2. The first-order chi connectivity index (χ1) is 15.8. The van der Waals surface area contributed by atoms with Gasteiger partial charge in [-0.05, 0) is 42.3 Å². The predicted molar refractivity (Wildman–Crippen MR) is 130 cm³/mol. The largest absolute Gasteiger partial charge is 0.441 e. The van der Waals surface area contributed by atoms with Crippen molar-refractivity contribution >= 4 is 39.5 Å². The Labute approximate surface area is 189 Å². The number of amides is 1. The van der Waals surface area contributed by atoms with Gasteiger partial charge in [-0.25, -0.2) is 15.0 Å². The van der Waals surface area contributed by atoms with E-state index in [9.17, 15) is 4.79 Å². The summed E-state index contributed by atoms with van der Waals surface area (Å²) >= 11 is 0. The number of hydrogen-bond acceptors (Lipinski definition) is 6. The van der Waals surface area contributed by atoms with Gasteiger partial charge in [0.1, 0.15) is 23.3 Å². The van der Waals surface area contributed by atoms with Crippen molar-refractivity contribution in [3.63, 3.8) is 0 Å². The molecule has 3 aromatic heterocycles.